The van der Waals surface area contributed by atoms with E-state index in [1.165, 1.54) is 18.4 Å². The first-order valence-electron chi connectivity index (χ1n) is 3.03. The highest BCUT2D eigenvalue weighted by atomic mass is 32.1. The Labute approximate surface area is 68.2 Å². The molecule has 0 spiro atoms. The van der Waals surface area contributed by atoms with E-state index in [0.29, 0.717) is 5.56 Å². The molecule has 0 unspecified atom stereocenters. The van der Waals surface area contributed by atoms with Crippen molar-refractivity contribution in [1.29, 1.82) is 0 Å². The van der Waals surface area contributed by atoms with E-state index in [0.717, 1.165) is 0 Å². The summed E-state index contributed by atoms with van der Waals surface area (Å²) in [5.41, 5.74) is 0.699. The fourth-order valence-electron chi connectivity index (χ4n) is 0.804. The zero-order valence-corrected chi connectivity index (χ0v) is 6.80. The van der Waals surface area contributed by atoms with Gasteiger partial charge >= 0.3 is 5.97 Å². The van der Waals surface area contributed by atoms with Gasteiger partial charge in [0.05, 0.1) is 0 Å². The van der Waals surface area contributed by atoms with Gasteiger partial charge in [-0.25, -0.2) is 4.79 Å². The van der Waals surface area contributed by atoms with Crippen LogP contribution in [0.1, 0.15) is 11.7 Å². The van der Waals surface area contributed by atoms with Crippen LogP contribution in [0.3, 0.4) is 0 Å². The van der Waals surface area contributed by atoms with Crippen LogP contribution in [0.4, 0.5) is 0 Å². The lowest BCUT2D eigenvalue weighted by Crippen LogP contribution is -2.12. The van der Waals surface area contributed by atoms with Gasteiger partial charge in [0.15, 0.2) is 6.10 Å². The molecule has 1 rings (SSSR count). The minimum Gasteiger partial charge on any atom is -0.479 e. The van der Waals surface area contributed by atoms with Crippen LogP contribution in [0.5, 0.6) is 0 Å². The molecular weight excluding hydrogens is 164 g/mol. The van der Waals surface area contributed by atoms with E-state index in [2.05, 4.69) is 0 Å². The fraction of sp³-hybridized carbons (Fsp3) is 0.286. The molecule has 1 aromatic heterocycles. The SMILES string of the molecule is CO[C@@H](C(=O)O)c1ccsc1. The second-order valence-corrected chi connectivity index (χ2v) is 2.79. The van der Waals surface area contributed by atoms with E-state index < -0.39 is 12.1 Å². The maximum atomic E-state index is 10.5. The largest absolute Gasteiger partial charge is 0.479 e. The number of methoxy groups -OCH3 is 1. The molecule has 1 atom stereocenters. The van der Waals surface area contributed by atoms with Crippen molar-refractivity contribution in [1.82, 2.24) is 0 Å². The first-order valence-corrected chi connectivity index (χ1v) is 3.97. The van der Waals surface area contributed by atoms with E-state index in [9.17, 15) is 4.79 Å². The van der Waals surface area contributed by atoms with E-state index >= 15 is 0 Å². The highest BCUT2D eigenvalue weighted by molar-refractivity contribution is 7.08. The summed E-state index contributed by atoms with van der Waals surface area (Å²) in [6.45, 7) is 0. The van der Waals surface area contributed by atoms with Crippen molar-refractivity contribution in [3.63, 3.8) is 0 Å². The molecule has 4 heteroatoms. The Balaban J connectivity index is 2.79. The highest BCUT2D eigenvalue weighted by Gasteiger charge is 2.18. The molecule has 0 bridgehead atoms. The van der Waals surface area contributed by atoms with E-state index in [1.54, 1.807) is 11.4 Å². The third-order valence-corrected chi connectivity index (χ3v) is 2.01. The van der Waals surface area contributed by atoms with Crippen LogP contribution in [0.2, 0.25) is 0 Å². The predicted molar refractivity (Wildman–Crippen MR) is 41.7 cm³/mol. The Morgan fingerprint density at radius 3 is 2.91 bits per heavy atom. The Hall–Kier alpha value is -0.870. The summed E-state index contributed by atoms with van der Waals surface area (Å²) in [6, 6.07) is 1.74. The van der Waals surface area contributed by atoms with Gasteiger partial charge in [-0.1, -0.05) is 0 Å². The topological polar surface area (TPSA) is 46.5 Å². The second-order valence-electron chi connectivity index (χ2n) is 2.01. The zero-order valence-electron chi connectivity index (χ0n) is 5.98. The number of carboxylic acid groups (broad SMARTS) is 1. The van der Waals surface area contributed by atoms with Gasteiger partial charge in [0.2, 0.25) is 0 Å². The summed E-state index contributed by atoms with van der Waals surface area (Å²) in [4.78, 5) is 10.5. The van der Waals surface area contributed by atoms with E-state index in [4.69, 9.17) is 9.84 Å². The number of ether oxygens (including phenoxy) is 1. The molecule has 60 valence electrons. The minimum absolute atomic E-state index is 0.699. The van der Waals surface area contributed by atoms with Crippen molar-refractivity contribution in [2.24, 2.45) is 0 Å². The van der Waals surface area contributed by atoms with E-state index in [1.807, 2.05) is 5.38 Å². The average Bonchev–Trinajstić information content (AvgIpc) is 2.40. The van der Waals surface area contributed by atoms with Crippen LogP contribution < -0.4 is 0 Å². The highest BCUT2D eigenvalue weighted by Crippen LogP contribution is 2.19. The van der Waals surface area contributed by atoms with Gasteiger partial charge in [0.25, 0.3) is 0 Å². The summed E-state index contributed by atoms with van der Waals surface area (Å²) in [6.07, 6.45) is -0.818. The van der Waals surface area contributed by atoms with Crippen LogP contribution in [0.25, 0.3) is 0 Å². The van der Waals surface area contributed by atoms with Crippen molar-refractivity contribution in [2.45, 2.75) is 6.10 Å². The van der Waals surface area contributed by atoms with Crippen LogP contribution in [-0.4, -0.2) is 18.2 Å². The number of aliphatic carboxylic acids is 1. The number of hydrogen-bond acceptors (Lipinski definition) is 3. The summed E-state index contributed by atoms with van der Waals surface area (Å²) in [5, 5.41) is 12.2. The summed E-state index contributed by atoms with van der Waals surface area (Å²) in [5.74, 6) is -0.953. The fourth-order valence-corrected chi connectivity index (χ4v) is 1.48. The molecule has 1 heterocycles. The second kappa shape index (κ2) is 3.50. The lowest BCUT2D eigenvalue weighted by Gasteiger charge is -2.06. The number of carboxylic acids is 1. The monoisotopic (exact) mass is 172 g/mol. The smallest absolute Gasteiger partial charge is 0.337 e. The quantitative estimate of drug-likeness (QED) is 0.751. The van der Waals surface area contributed by atoms with Crippen molar-refractivity contribution in [2.75, 3.05) is 7.11 Å². The lowest BCUT2D eigenvalue weighted by atomic mass is 10.2. The molecule has 0 saturated heterocycles. The van der Waals surface area contributed by atoms with Crippen LogP contribution in [0, 0.1) is 0 Å². The molecule has 0 aliphatic rings. The molecule has 0 amide bonds. The van der Waals surface area contributed by atoms with Crippen LogP contribution in [-0.2, 0) is 9.53 Å². The molecule has 3 nitrogen and oxygen atoms in total. The number of hydrogen-bond donors (Lipinski definition) is 1. The van der Waals surface area contributed by atoms with Gasteiger partial charge in [0.1, 0.15) is 0 Å². The van der Waals surface area contributed by atoms with Crippen molar-refractivity contribution < 1.29 is 14.6 Å². The Morgan fingerprint density at radius 2 is 2.55 bits per heavy atom. The maximum Gasteiger partial charge on any atom is 0.337 e. The summed E-state index contributed by atoms with van der Waals surface area (Å²) < 4.78 is 4.76. The number of thiophene rings is 1. The number of rotatable bonds is 3. The van der Waals surface area contributed by atoms with Crippen molar-refractivity contribution in [3.05, 3.63) is 22.4 Å². The van der Waals surface area contributed by atoms with Crippen molar-refractivity contribution in [3.8, 4) is 0 Å². The van der Waals surface area contributed by atoms with Gasteiger partial charge in [-0.3, -0.25) is 0 Å². The van der Waals surface area contributed by atoms with Gasteiger partial charge in [-0.2, -0.15) is 11.3 Å². The molecule has 11 heavy (non-hydrogen) atoms. The molecule has 0 fully saturated rings. The molecule has 0 aliphatic carbocycles. The molecule has 0 aromatic carbocycles. The van der Waals surface area contributed by atoms with Gasteiger partial charge in [-0.05, 0) is 16.8 Å². The molecule has 0 radical (unpaired) electrons. The first-order chi connectivity index (χ1) is 5.25. The van der Waals surface area contributed by atoms with Gasteiger partial charge in [0, 0.05) is 12.7 Å². The van der Waals surface area contributed by atoms with Crippen LogP contribution >= 0.6 is 11.3 Å². The summed E-state index contributed by atoms with van der Waals surface area (Å²) >= 11 is 1.46. The molecule has 1 aromatic rings. The molecule has 0 aliphatic heterocycles. The van der Waals surface area contributed by atoms with Crippen molar-refractivity contribution >= 4 is 17.3 Å². The third-order valence-electron chi connectivity index (χ3n) is 1.31. The lowest BCUT2D eigenvalue weighted by molar-refractivity contribution is -0.148. The Bertz CT molecular complexity index is 230. The Kier molecular flexibility index (Phi) is 2.62. The number of carbonyl (C=O) groups is 1. The third kappa shape index (κ3) is 1.78. The molecule has 1 N–H and O–H groups in total. The predicted octanol–water partition coefficient (Wildman–Crippen LogP) is 1.52. The molecular formula is C7H8O3S. The minimum atomic E-state index is -0.953. The van der Waals surface area contributed by atoms with E-state index in [-0.39, 0.29) is 0 Å². The maximum absolute atomic E-state index is 10.5. The van der Waals surface area contributed by atoms with Gasteiger partial charge in [-0.15, -0.1) is 0 Å². The summed E-state index contributed by atoms with van der Waals surface area (Å²) in [7, 11) is 1.39. The normalized spacial score (nSPS) is 12.8. The zero-order chi connectivity index (χ0) is 8.27. The van der Waals surface area contributed by atoms with Crippen LogP contribution in [0.15, 0.2) is 16.8 Å². The Morgan fingerprint density at radius 1 is 1.82 bits per heavy atom. The first kappa shape index (κ1) is 8.23. The van der Waals surface area contributed by atoms with Gasteiger partial charge < -0.3 is 9.84 Å². The molecule has 0 saturated carbocycles. The standard InChI is InChI=1S/C7H8O3S/c1-10-6(7(8)9)5-2-3-11-4-5/h2-4,6H,1H3,(H,8,9)/t6-/m1/s1. The average molecular weight is 172 g/mol.